The summed E-state index contributed by atoms with van der Waals surface area (Å²) in [5.41, 5.74) is 7.98. The zero-order valence-electron chi connectivity index (χ0n) is 19.4. The highest BCUT2D eigenvalue weighted by Gasteiger charge is 2.16. The van der Waals surface area contributed by atoms with Crippen LogP contribution in [-0.2, 0) is 0 Å². The van der Waals surface area contributed by atoms with Crippen molar-refractivity contribution in [3.63, 3.8) is 0 Å². The number of benzene rings is 5. The normalized spacial score (nSPS) is 11.7. The molecule has 0 N–H and O–H groups in total. The van der Waals surface area contributed by atoms with E-state index in [0.29, 0.717) is 11.8 Å². The lowest BCUT2D eigenvalue weighted by Gasteiger charge is -2.18. The molecule has 0 saturated heterocycles. The first-order valence-electron chi connectivity index (χ1n) is 11.7. The Morgan fingerprint density at radius 3 is 0.906 bits per heavy atom. The lowest BCUT2D eigenvalue weighted by atomic mass is 9.85. The number of rotatable bonds is 4. The molecule has 0 saturated carbocycles. The number of fused-ring (bicyclic) bond motifs is 2. The Morgan fingerprint density at radius 1 is 0.375 bits per heavy atom. The van der Waals surface area contributed by atoms with Gasteiger partial charge in [-0.15, -0.1) is 0 Å². The van der Waals surface area contributed by atoms with Crippen molar-refractivity contribution in [1.82, 2.24) is 0 Å². The van der Waals surface area contributed by atoms with Gasteiger partial charge in [0, 0.05) is 0 Å². The zero-order chi connectivity index (χ0) is 22.2. The fraction of sp³-hybridized carbons (Fsp3) is 0.188. The van der Waals surface area contributed by atoms with Gasteiger partial charge in [0.1, 0.15) is 0 Å². The van der Waals surface area contributed by atoms with Crippen LogP contribution in [0.5, 0.6) is 0 Å². The maximum absolute atomic E-state index is 2.29. The molecule has 32 heavy (non-hydrogen) atoms. The van der Waals surface area contributed by atoms with Crippen molar-refractivity contribution in [3.8, 4) is 22.3 Å². The highest BCUT2D eigenvalue weighted by molar-refractivity contribution is 6.21. The third-order valence-electron chi connectivity index (χ3n) is 6.66. The summed E-state index contributed by atoms with van der Waals surface area (Å²) >= 11 is 0. The summed E-state index contributed by atoms with van der Waals surface area (Å²) in [5.74, 6) is 1.07. The predicted octanol–water partition coefficient (Wildman–Crippen LogP) is 9.57. The molecule has 5 rings (SSSR count). The first kappa shape index (κ1) is 20.5. The summed E-state index contributed by atoms with van der Waals surface area (Å²) in [6, 6.07) is 36.0. The van der Waals surface area contributed by atoms with E-state index in [9.17, 15) is 0 Å². The maximum atomic E-state index is 2.29. The van der Waals surface area contributed by atoms with Crippen LogP contribution in [0.15, 0.2) is 97.1 Å². The molecule has 0 bridgehead atoms. The monoisotopic (exact) mass is 414 g/mol. The molecule has 0 fully saturated rings. The Hall–Kier alpha value is -3.38. The van der Waals surface area contributed by atoms with Crippen molar-refractivity contribution in [1.29, 1.82) is 0 Å². The van der Waals surface area contributed by atoms with Gasteiger partial charge in [-0.05, 0) is 66.8 Å². The molecule has 0 aromatic heterocycles. The minimum Gasteiger partial charge on any atom is -0.0616 e. The molecule has 0 aliphatic heterocycles. The van der Waals surface area contributed by atoms with Gasteiger partial charge in [-0.25, -0.2) is 0 Å². The lowest BCUT2D eigenvalue weighted by molar-refractivity contribution is 0.867. The first-order chi connectivity index (χ1) is 15.5. The van der Waals surface area contributed by atoms with Gasteiger partial charge in [-0.3, -0.25) is 0 Å². The zero-order valence-corrected chi connectivity index (χ0v) is 19.4. The molecule has 0 atom stereocenters. The lowest BCUT2D eigenvalue weighted by Crippen LogP contribution is -1.92. The summed E-state index contributed by atoms with van der Waals surface area (Å²) in [5, 5.41) is 5.25. The van der Waals surface area contributed by atoms with Crippen molar-refractivity contribution in [2.45, 2.75) is 39.5 Å². The first-order valence-corrected chi connectivity index (χ1v) is 11.7. The quantitative estimate of drug-likeness (QED) is 0.257. The topological polar surface area (TPSA) is 0 Å². The molecular weight excluding hydrogens is 384 g/mol. The van der Waals surface area contributed by atoms with Crippen LogP contribution in [0.2, 0.25) is 0 Å². The van der Waals surface area contributed by atoms with Crippen molar-refractivity contribution in [2.75, 3.05) is 0 Å². The van der Waals surface area contributed by atoms with Gasteiger partial charge < -0.3 is 0 Å². The van der Waals surface area contributed by atoms with Crippen LogP contribution in [0.1, 0.15) is 50.7 Å². The molecule has 5 aromatic rings. The van der Waals surface area contributed by atoms with E-state index < -0.39 is 0 Å². The fourth-order valence-corrected chi connectivity index (χ4v) is 4.82. The van der Waals surface area contributed by atoms with Gasteiger partial charge in [0.2, 0.25) is 0 Å². The standard InChI is InChI=1S/C32H30/c1-21(2)23-13-17-25(18-14-23)31-27-9-5-7-11-29(27)32(30-12-8-6-10-28(30)31)26-19-15-24(16-20-26)22(3)4/h5-22H,1-4H3. The molecule has 0 radical (unpaired) electrons. The third kappa shape index (κ3) is 3.50. The summed E-state index contributed by atoms with van der Waals surface area (Å²) in [7, 11) is 0. The van der Waals surface area contributed by atoms with Crippen LogP contribution in [0.4, 0.5) is 0 Å². The van der Waals surface area contributed by atoms with Crippen LogP contribution in [0, 0.1) is 0 Å². The average molecular weight is 415 g/mol. The van der Waals surface area contributed by atoms with Gasteiger partial charge in [-0.1, -0.05) is 125 Å². The molecule has 0 heterocycles. The largest absolute Gasteiger partial charge is 0.0616 e. The molecule has 0 aliphatic carbocycles. The minimum absolute atomic E-state index is 0.536. The summed E-state index contributed by atoms with van der Waals surface area (Å²) < 4.78 is 0. The molecule has 0 unspecified atom stereocenters. The van der Waals surface area contributed by atoms with Crippen molar-refractivity contribution >= 4 is 21.5 Å². The van der Waals surface area contributed by atoms with Gasteiger partial charge in [0.05, 0.1) is 0 Å². The molecule has 0 spiro atoms. The molecular formula is C32H30. The number of hydrogen-bond donors (Lipinski definition) is 0. The van der Waals surface area contributed by atoms with Crippen LogP contribution in [-0.4, -0.2) is 0 Å². The van der Waals surface area contributed by atoms with E-state index in [-0.39, 0.29) is 0 Å². The van der Waals surface area contributed by atoms with E-state index in [1.165, 1.54) is 54.9 Å². The smallest absolute Gasteiger partial charge is 0.00264 e. The number of hydrogen-bond acceptors (Lipinski definition) is 0. The van der Waals surface area contributed by atoms with Gasteiger partial charge in [0.25, 0.3) is 0 Å². The van der Waals surface area contributed by atoms with Crippen LogP contribution in [0.25, 0.3) is 43.8 Å². The van der Waals surface area contributed by atoms with Crippen molar-refractivity contribution in [2.24, 2.45) is 0 Å². The summed E-state index contributed by atoms with van der Waals surface area (Å²) in [6.07, 6.45) is 0. The predicted molar refractivity (Wildman–Crippen MR) is 141 cm³/mol. The van der Waals surface area contributed by atoms with Crippen LogP contribution >= 0.6 is 0 Å². The Morgan fingerprint density at radius 2 is 0.656 bits per heavy atom. The molecule has 0 amide bonds. The molecule has 0 heteroatoms. The second-order valence-electron chi connectivity index (χ2n) is 9.39. The molecule has 0 aliphatic rings. The Balaban J connectivity index is 1.83. The van der Waals surface area contributed by atoms with Crippen LogP contribution < -0.4 is 0 Å². The minimum atomic E-state index is 0.536. The highest BCUT2D eigenvalue weighted by atomic mass is 14.2. The SMILES string of the molecule is CC(C)c1ccc(-c2c3ccccc3c(-c3ccc(C(C)C)cc3)c3ccccc23)cc1. The maximum Gasteiger partial charge on any atom is -0.00264 e. The van der Waals surface area contributed by atoms with E-state index in [1.807, 2.05) is 0 Å². The van der Waals surface area contributed by atoms with Crippen molar-refractivity contribution < 1.29 is 0 Å². The summed E-state index contributed by atoms with van der Waals surface area (Å²) in [4.78, 5) is 0. The van der Waals surface area contributed by atoms with E-state index in [4.69, 9.17) is 0 Å². The van der Waals surface area contributed by atoms with E-state index in [2.05, 4.69) is 125 Å². The molecule has 158 valence electrons. The Kier molecular flexibility index (Phi) is 5.31. The van der Waals surface area contributed by atoms with Gasteiger partial charge >= 0.3 is 0 Å². The second-order valence-corrected chi connectivity index (χ2v) is 9.39. The van der Waals surface area contributed by atoms with Gasteiger partial charge in [0.15, 0.2) is 0 Å². The van der Waals surface area contributed by atoms with Crippen LogP contribution in [0.3, 0.4) is 0 Å². The third-order valence-corrected chi connectivity index (χ3v) is 6.66. The summed E-state index contributed by atoms with van der Waals surface area (Å²) in [6.45, 7) is 9.00. The Bertz CT molecular complexity index is 1220. The Labute approximate surface area is 191 Å². The van der Waals surface area contributed by atoms with E-state index >= 15 is 0 Å². The van der Waals surface area contributed by atoms with E-state index in [1.54, 1.807) is 0 Å². The average Bonchev–Trinajstić information content (AvgIpc) is 2.82. The van der Waals surface area contributed by atoms with Gasteiger partial charge in [-0.2, -0.15) is 0 Å². The molecule has 5 aromatic carbocycles. The molecule has 0 nitrogen and oxygen atoms in total. The van der Waals surface area contributed by atoms with E-state index in [0.717, 1.165) is 0 Å². The fourth-order valence-electron chi connectivity index (χ4n) is 4.82. The van der Waals surface area contributed by atoms with Crippen molar-refractivity contribution in [3.05, 3.63) is 108 Å². The highest BCUT2D eigenvalue weighted by Crippen LogP contribution is 2.43. The second kappa shape index (κ2) is 8.28.